The van der Waals surface area contributed by atoms with Gasteiger partial charge in [-0.15, -0.1) is 0 Å². The summed E-state index contributed by atoms with van der Waals surface area (Å²) in [4.78, 5) is 0. The molecule has 1 nitrogen and oxygen atoms in total. The van der Waals surface area contributed by atoms with Crippen molar-refractivity contribution in [1.29, 1.82) is 0 Å². The zero-order chi connectivity index (χ0) is 9.10. The SMILES string of the molecule is BrCCCc1cc2ccccc2o1. The molecule has 2 aromatic rings. The van der Waals surface area contributed by atoms with Crippen LogP contribution in [0.3, 0.4) is 0 Å². The van der Waals surface area contributed by atoms with Crippen molar-refractivity contribution < 1.29 is 4.42 Å². The summed E-state index contributed by atoms with van der Waals surface area (Å²) >= 11 is 3.41. The van der Waals surface area contributed by atoms with E-state index in [2.05, 4.69) is 28.1 Å². The Kier molecular flexibility index (Phi) is 2.69. The highest BCUT2D eigenvalue weighted by Crippen LogP contribution is 2.19. The normalized spacial score (nSPS) is 10.8. The number of halogens is 1. The maximum absolute atomic E-state index is 5.65. The van der Waals surface area contributed by atoms with Gasteiger partial charge in [0, 0.05) is 17.1 Å². The first kappa shape index (κ1) is 8.82. The molecule has 0 amide bonds. The van der Waals surface area contributed by atoms with E-state index in [-0.39, 0.29) is 0 Å². The van der Waals surface area contributed by atoms with Crippen molar-refractivity contribution in [3.8, 4) is 0 Å². The number of para-hydroxylation sites is 1. The molecule has 0 bridgehead atoms. The molecule has 0 aliphatic carbocycles. The topological polar surface area (TPSA) is 13.1 Å². The Morgan fingerprint density at radius 3 is 2.85 bits per heavy atom. The summed E-state index contributed by atoms with van der Waals surface area (Å²) in [5.74, 6) is 1.08. The highest BCUT2D eigenvalue weighted by molar-refractivity contribution is 9.09. The minimum Gasteiger partial charge on any atom is -0.461 e. The van der Waals surface area contributed by atoms with Gasteiger partial charge in [0.05, 0.1) is 0 Å². The van der Waals surface area contributed by atoms with E-state index in [1.165, 1.54) is 5.39 Å². The molecule has 0 spiro atoms. The van der Waals surface area contributed by atoms with Crippen LogP contribution in [0.2, 0.25) is 0 Å². The van der Waals surface area contributed by atoms with Gasteiger partial charge in [-0.3, -0.25) is 0 Å². The highest BCUT2D eigenvalue weighted by Gasteiger charge is 2.01. The van der Waals surface area contributed by atoms with Gasteiger partial charge in [-0.1, -0.05) is 34.1 Å². The van der Waals surface area contributed by atoms with Crippen LogP contribution in [0.4, 0.5) is 0 Å². The fourth-order valence-corrected chi connectivity index (χ4v) is 1.68. The largest absolute Gasteiger partial charge is 0.461 e. The van der Waals surface area contributed by atoms with Gasteiger partial charge < -0.3 is 4.42 Å². The van der Waals surface area contributed by atoms with Crippen LogP contribution >= 0.6 is 15.9 Å². The van der Waals surface area contributed by atoms with Gasteiger partial charge in [0.2, 0.25) is 0 Å². The first-order chi connectivity index (χ1) is 6.40. The van der Waals surface area contributed by atoms with Crippen LogP contribution in [0.15, 0.2) is 34.7 Å². The lowest BCUT2D eigenvalue weighted by Crippen LogP contribution is -1.80. The van der Waals surface area contributed by atoms with E-state index in [4.69, 9.17) is 4.42 Å². The van der Waals surface area contributed by atoms with Crippen molar-refractivity contribution in [3.63, 3.8) is 0 Å². The van der Waals surface area contributed by atoms with Gasteiger partial charge in [0.25, 0.3) is 0 Å². The van der Waals surface area contributed by atoms with Gasteiger partial charge in [0.1, 0.15) is 11.3 Å². The average Bonchev–Trinajstić information content (AvgIpc) is 2.57. The number of alkyl halides is 1. The first-order valence-electron chi connectivity index (χ1n) is 4.43. The average molecular weight is 239 g/mol. The van der Waals surface area contributed by atoms with Crippen LogP contribution in [0.5, 0.6) is 0 Å². The standard InChI is InChI=1S/C11H11BrO/c12-7-3-5-10-8-9-4-1-2-6-11(9)13-10/h1-2,4,6,8H,3,5,7H2. The molecule has 2 rings (SSSR count). The zero-order valence-corrected chi connectivity index (χ0v) is 8.88. The number of hydrogen-bond donors (Lipinski definition) is 0. The van der Waals surface area contributed by atoms with Gasteiger partial charge in [0.15, 0.2) is 0 Å². The smallest absolute Gasteiger partial charge is 0.134 e. The second-order valence-corrected chi connectivity index (χ2v) is 3.84. The van der Waals surface area contributed by atoms with E-state index in [1.54, 1.807) is 0 Å². The summed E-state index contributed by atoms with van der Waals surface area (Å²) in [6.07, 6.45) is 2.14. The summed E-state index contributed by atoms with van der Waals surface area (Å²) in [7, 11) is 0. The third-order valence-corrected chi connectivity index (χ3v) is 2.59. The van der Waals surface area contributed by atoms with E-state index in [1.807, 2.05) is 18.2 Å². The lowest BCUT2D eigenvalue weighted by atomic mass is 10.2. The van der Waals surface area contributed by atoms with Crippen LogP contribution in [0.1, 0.15) is 12.2 Å². The lowest BCUT2D eigenvalue weighted by Gasteiger charge is -1.90. The molecule has 0 N–H and O–H groups in total. The van der Waals surface area contributed by atoms with Gasteiger partial charge >= 0.3 is 0 Å². The maximum atomic E-state index is 5.65. The highest BCUT2D eigenvalue weighted by atomic mass is 79.9. The number of benzene rings is 1. The quantitative estimate of drug-likeness (QED) is 0.743. The van der Waals surface area contributed by atoms with E-state index >= 15 is 0 Å². The second kappa shape index (κ2) is 3.97. The molecule has 0 fully saturated rings. The lowest BCUT2D eigenvalue weighted by molar-refractivity contribution is 0.546. The number of fused-ring (bicyclic) bond motifs is 1. The van der Waals surface area contributed by atoms with Crippen LogP contribution < -0.4 is 0 Å². The van der Waals surface area contributed by atoms with Gasteiger partial charge in [-0.25, -0.2) is 0 Å². The Labute approximate surface area is 85.9 Å². The van der Waals surface area contributed by atoms with Crippen molar-refractivity contribution in [2.45, 2.75) is 12.8 Å². The Hall–Kier alpha value is -0.760. The Morgan fingerprint density at radius 2 is 2.08 bits per heavy atom. The summed E-state index contributed by atoms with van der Waals surface area (Å²) in [6, 6.07) is 10.2. The van der Waals surface area contributed by atoms with Crippen molar-refractivity contribution in [1.82, 2.24) is 0 Å². The van der Waals surface area contributed by atoms with E-state index in [0.29, 0.717) is 0 Å². The fourth-order valence-electron chi connectivity index (χ4n) is 1.40. The maximum Gasteiger partial charge on any atom is 0.134 e. The van der Waals surface area contributed by atoms with Crippen LogP contribution in [0.25, 0.3) is 11.0 Å². The molecule has 0 saturated heterocycles. The molecule has 0 aliphatic heterocycles. The molecule has 1 aromatic carbocycles. The van der Waals surface area contributed by atoms with E-state index < -0.39 is 0 Å². The van der Waals surface area contributed by atoms with Crippen LogP contribution in [0, 0.1) is 0 Å². The molecule has 0 aliphatic rings. The summed E-state index contributed by atoms with van der Waals surface area (Å²) in [6.45, 7) is 0. The number of rotatable bonds is 3. The zero-order valence-electron chi connectivity index (χ0n) is 7.29. The molecule has 0 saturated carbocycles. The van der Waals surface area contributed by atoms with Gasteiger partial charge in [-0.05, 0) is 18.6 Å². The molecule has 1 heterocycles. The van der Waals surface area contributed by atoms with E-state index in [0.717, 1.165) is 29.5 Å². The molecular weight excluding hydrogens is 228 g/mol. The van der Waals surface area contributed by atoms with Crippen molar-refractivity contribution in [3.05, 3.63) is 36.1 Å². The molecule has 0 unspecified atom stereocenters. The van der Waals surface area contributed by atoms with E-state index in [9.17, 15) is 0 Å². The molecule has 13 heavy (non-hydrogen) atoms. The Morgan fingerprint density at radius 1 is 1.23 bits per heavy atom. The van der Waals surface area contributed by atoms with Crippen molar-refractivity contribution in [2.24, 2.45) is 0 Å². The minimum atomic E-state index is 0.993. The number of furan rings is 1. The number of aryl methyl sites for hydroxylation is 1. The molecule has 0 radical (unpaired) electrons. The summed E-state index contributed by atoms with van der Waals surface area (Å²) < 4.78 is 5.65. The molecule has 0 atom stereocenters. The predicted molar refractivity (Wildman–Crippen MR) is 58.3 cm³/mol. The summed E-state index contributed by atoms with van der Waals surface area (Å²) in [5, 5.41) is 2.23. The van der Waals surface area contributed by atoms with Crippen molar-refractivity contribution in [2.75, 3.05) is 5.33 Å². The Bertz CT molecular complexity index is 359. The number of hydrogen-bond acceptors (Lipinski definition) is 1. The minimum absolute atomic E-state index is 0.993. The predicted octanol–water partition coefficient (Wildman–Crippen LogP) is 3.76. The molecule has 1 aromatic heterocycles. The molecule has 68 valence electrons. The fraction of sp³-hybridized carbons (Fsp3) is 0.273. The molecular formula is C11H11BrO. The monoisotopic (exact) mass is 238 g/mol. The molecule has 2 heteroatoms. The second-order valence-electron chi connectivity index (χ2n) is 3.04. The third-order valence-electron chi connectivity index (χ3n) is 2.03. The van der Waals surface area contributed by atoms with Crippen molar-refractivity contribution >= 4 is 26.9 Å². The first-order valence-corrected chi connectivity index (χ1v) is 5.56. The van der Waals surface area contributed by atoms with Gasteiger partial charge in [-0.2, -0.15) is 0 Å². The van der Waals surface area contributed by atoms with Crippen LogP contribution in [-0.4, -0.2) is 5.33 Å². The Balaban J connectivity index is 2.28. The third kappa shape index (κ3) is 1.94. The van der Waals surface area contributed by atoms with Crippen LogP contribution in [-0.2, 0) is 6.42 Å². The summed E-state index contributed by atoms with van der Waals surface area (Å²) in [5.41, 5.74) is 0.993.